The summed E-state index contributed by atoms with van der Waals surface area (Å²) in [5, 5.41) is 7.59. The largest absolute Gasteiger partial charge is 0.340 e. The molecule has 0 spiro atoms. The van der Waals surface area contributed by atoms with Crippen molar-refractivity contribution >= 4 is 38.4 Å². The van der Waals surface area contributed by atoms with E-state index >= 15 is 0 Å². The summed E-state index contributed by atoms with van der Waals surface area (Å²) in [5.41, 5.74) is 5.09. The van der Waals surface area contributed by atoms with E-state index in [1.807, 2.05) is 43.6 Å². The highest BCUT2D eigenvalue weighted by Crippen LogP contribution is 2.28. The molecule has 0 amide bonds. The number of hydrogen-bond acceptors (Lipinski definition) is 5. The van der Waals surface area contributed by atoms with Crippen molar-refractivity contribution in [2.45, 2.75) is 13.3 Å². The van der Waals surface area contributed by atoms with Crippen molar-refractivity contribution in [2.24, 2.45) is 0 Å². The lowest BCUT2D eigenvalue weighted by Gasteiger charge is -2.11. The van der Waals surface area contributed by atoms with E-state index in [1.165, 1.54) is 5.57 Å². The molecule has 0 saturated heterocycles. The Labute approximate surface area is 157 Å². The molecule has 7 nitrogen and oxygen atoms in total. The molecule has 0 bridgehead atoms. The summed E-state index contributed by atoms with van der Waals surface area (Å²) in [4.78, 5) is 4.68. The highest BCUT2D eigenvalue weighted by Gasteiger charge is 2.12. The molecule has 0 fully saturated rings. The minimum absolute atomic E-state index is 0.538. The van der Waals surface area contributed by atoms with Crippen molar-refractivity contribution in [1.82, 2.24) is 14.6 Å². The Morgan fingerprint density at radius 1 is 1.22 bits per heavy atom. The maximum atomic E-state index is 11.5. The lowest BCUT2D eigenvalue weighted by Crippen LogP contribution is -2.10. The molecular formula is C19H19N5O2S. The number of allylic oxidation sites excluding steroid dienone is 4. The van der Waals surface area contributed by atoms with Gasteiger partial charge in [-0.2, -0.15) is 5.10 Å². The van der Waals surface area contributed by atoms with Crippen LogP contribution in [0.3, 0.4) is 0 Å². The molecule has 0 aliphatic heterocycles. The SMILES string of the molecule is Cc1ccc(Nc2ccn3ncc(C4=CC=CC4)c3n2)cc1NS(C)(=O)=O. The van der Waals surface area contributed by atoms with Gasteiger partial charge in [0.15, 0.2) is 5.65 Å². The fraction of sp³-hybridized carbons (Fsp3) is 0.158. The molecule has 1 aliphatic rings. The van der Waals surface area contributed by atoms with Crippen LogP contribution in [0.25, 0.3) is 11.2 Å². The van der Waals surface area contributed by atoms with Gasteiger partial charge >= 0.3 is 0 Å². The first-order chi connectivity index (χ1) is 12.9. The van der Waals surface area contributed by atoms with Crippen LogP contribution in [0, 0.1) is 6.92 Å². The van der Waals surface area contributed by atoms with Crippen LogP contribution >= 0.6 is 0 Å². The van der Waals surface area contributed by atoms with Gasteiger partial charge in [0.25, 0.3) is 0 Å². The molecule has 0 radical (unpaired) electrons. The maximum Gasteiger partial charge on any atom is 0.229 e. The predicted molar refractivity (Wildman–Crippen MR) is 108 cm³/mol. The standard InChI is InChI=1S/C19H19N5O2S/c1-13-7-8-15(11-17(13)23-27(2,25)26)21-18-9-10-24-19(22-18)16(12-20-24)14-5-3-4-6-14/h3-5,7-12,23H,6H2,1-2H3,(H,21,22). The van der Waals surface area contributed by atoms with Crippen molar-refractivity contribution in [2.75, 3.05) is 16.3 Å². The smallest absolute Gasteiger partial charge is 0.229 e. The number of fused-ring (bicyclic) bond motifs is 1. The molecule has 27 heavy (non-hydrogen) atoms. The van der Waals surface area contributed by atoms with Crippen LogP contribution in [0.4, 0.5) is 17.2 Å². The van der Waals surface area contributed by atoms with E-state index in [0.29, 0.717) is 11.5 Å². The molecule has 0 atom stereocenters. The molecule has 0 unspecified atom stereocenters. The number of sulfonamides is 1. The number of anilines is 3. The van der Waals surface area contributed by atoms with Crippen LogP contribution in [-0.2, 0) is 10.0 Å². The van der Waals surface area contributed by atoms with Gasteiger partial charge in [-0.25, -0.2) is 17.9 Å². The van der Waals surface area contributed by atoms with Crippen LogP contribution in [0.15, 0.2) is 54.9 Å². The van der Waals surface area contributed by atoms with Crippen molar-refractivity contribution in [3.05, 3.63) is 66.0 Å². The molecule has 1 aromatic carbocycles. The van der Waals surface area contributed by atoms with Crippen molar-refractivity contribution < 1.29 is 8.42 Å². The van der Waals surface area contributed by atoms with E-state index in [-0.39, 0.29) is 0 Å². The first kappa shape index (κ1) is 17.3. The van der Waals surface area contributed by atoms with Gasteiger partial charge in [0, 0.05) is 17.4 Å². The average Bonchev–Trinajstić information content (AvgIpc) is 3.25. The molecule has 2 heterocycles. The summed E-state index contributed by atoms with van der Waals surface area (Å²) in [7, 11) is -3.34. The molecule has 2 aromatic heterocycles. The molecule has 0 saturated carbocycles. The number of hydrogen-bond donors (Lipinski definition) is 2. The highest BCUT2D eigenvalue weighted by atomic mass is 32.2. The summed E-state index contributed by atoms with van der Waals surface area (Å²) >= 11 is 0. The second-order valence-electron chi connectivity index (χ2n) is 6.49. The Hall–Kier alpha value is -3.13. The zero-order valence-electron chi connectivity index (χ0n) is 15.0. The van der Waals surface area contributed by atoms with Crippen LogP contribution in [0.2, 0.25) is 0 Å². The topological polar surface area (TPSA) is 88.4 Å². The normalized spacial score (nSPS) is 13.8. The predicted octanol–water partition coefficient (Wildman–Crippen LogP) is 3.50. The molecule has 3 aromatic rings. The van der Waals surface area contributed by atoms with Crippen molar-refractivity contribution in [1.29, 1.82) is 0 Å². The summed E-state index contributed by atoms with van der Waals surface area (Å²) in [6, 6.07) is 7.32. The number of nitrogens with one attached hydrogen (secondary N) is 2. The number of aryl methyl sites for hydroxylation is 1. The van der Waals surface area contributed by atoms with Crippen LogP contribution < -0.4 is 10.0 Å². The van der Waals surface area contributed by atoms with E-state index in [0.717, 1.165) is 35.1 Å². The Morgan fingerprint density at radius 2 is 2.07 bits per heavy atom. The molecule has 2 N–H and O–H groups in total. The van der Waals surface area contributed by atoms with Gasteiger partial charge < -0.3 is 5.32 Å². The van der Waals surface area contributed by atoms with E-state index in [9.17, 15) is 8.42 Å². The summed E-state index contributed by atoms with van der Waals surface area (Å²) in [6.07, 6.45) is 11.9. The average molecular weight is 381 g/mol. The Kier molecular flexibility index (Phi) is 4.19. The summed E-state index contributed by atoms with van der Waals surface area (Å²) < 4.78 is 27.3. The molecule has 1 aliphatic carbocycles. The molecule has 138 valence electrons. The number of nitrogens with zero attached hydrogens (tertiary/aromatic N) is 3. The third-order valence-corrected chi connectivity index (χ3v) is 4.88. The Bertz CT molecular complexity index is 1190. The molecular weight excluding hydrogens is 362 g/mol. The van der Waals surface area contributed by atoms with Crippen molar-refractivity contribution in [3.63, 3.8) is 0 Å². The third kappa shape index (κ3) is 3.70. The van der Waals surface area contributed by atoms with E-state index in [4.69, 9.17) is 0 Å². The van der Waals surface area contributed by atoms with Gasteiger partial charge in [-0.3, -0.25) is 4.72 Å². The first-order valence-electron chi connectivity index (χ1n) is 8.45. The van der Waals surface area contributed by atoms with E-state index < -0.39 is 10.0 Å². The minimum atomic E-state index is -3.34. The maximum absolute atomic E-state index is 11.5. The summed E-state index contributed by atoms with van der Waals surface area (Å²) in [6.45, 7) is 1.85. The minimum Gasteiger partial charge on any atom is -0.340 e. The van der Waals surface area contributed by atoms with Crippen LogP contribution in [-0.4, -0.2) is 29.3 Å². The van der Waals surface area contributed by atoms with Crippen LogP contribution in [0.1, 0.15) is 17.5 Å². The quantitative estimate of drug-likeness (QED) is 0.706. The lowest BCUT2D eigenvalue weighted by molar-refractivity contribution is 0.607. The first-order valence-corrected chi connectivity index (χ1v) is 10.3. The van der Waals surface area contributed by atoms with Crippen molar-refractivity contribution in [3.8, 4) is 0 Å². The highest BCUT2D eigenvalue weighted by molar-refractivity contribution is 7.92. The Balaban J connectivity index is 1.65. The second-order valence-corrected chi connectivity index (χ2v) is 8.24. The van der Waals surface area contributed by atoms with Gasteiger partial charge in [0.1, 0.15) is 5.82 Å². The van der Waals surface area contributed by atoms with Gasteiger partial charge in [-0.1, -0.05) is 24.3 Å². The van der Waals surface area contributed by atoms with Gasteiger partial charge in [-0.15, -0.1) is 0 Å². The Morgan fingerprint density at radius 3 is 2.81 bits per heavy atom. The van der Waals surface area contributed by atoms with Gasteiger partial charge in [-0.05, 0) is 42.7 Å². The second kappa shape index (κ2) is 6.55. The lowest BCUT2D eigenvalue weighted by atomic mass is 10.1. The third-order valence-electron chi connectivity index (χ3n) is 4.29. The fourth-order valence-electron chi connectivity index (χ4n) is 2.97. The summed E-state index contributed by atoms with van der Waals surface area (Å²) in [5.74, 6) is 0.657. The monoisotopic (exact) mass is 381 g/mol. The number of aromatic nitrogens is 3. The zero-order chi connectivity index (χ0) is 19.0. The molecule has 4 rings (SSSR count). The number of rotatable bonds is 5. The van der Waals surface area contributed by atoms with Gasteiger partial charge in [0.2, 0.25) is 10.0 Å². The van der Waals surface area contributed by atoms with Gasteiger partial charge in [0.05, 0.1) is 18.1 Å². The van der Waals surface area contributed by atoms with Crippen LogP contribution in [0.5, 0.6) is 0 Å². The van der Waals surface area contributed by atoms with E-state index in [1.54, 1.807) is 10.6 Å². The fourth-order valence-corrected chi connectivity index (χ4v) is 3.59. The number of benzene rings is 1. The zero-order valence-corrected chi connectivity index (χ0v) is 15.8. The van der Waals surface area contributed by atoms with E-state index in [2.05, 4.69) is 32.3 Å². The molecule has 8 heteroatoms.